The normalized spacial score (nSPS) is 32.8. The number of hydrogen-bond acceptors (Lipinski definition) is 1. The highest BCUT2D eigenvalue weighted by Crippen LogP contribution is 2.48. The van der Waals surface area contributed by atoms with E-state index in [1.165, 1.54) is 0 Å². The fourth-order valence-electron chi connectivity index (χ4n) is 2.83. The molecule has 0 spiro atoms. The average Bonchev–Trinajstić information content (AvgIpc) is 2.28. The van der Waals surface area contributed by atoms with E-state index in [9.17, 15) is 4.79 Å². The molecule has 3 atom stereocenters. The van der Waals surface area contributed by atoms with Crippen LogP contribution in [0, 0.1) is 17.3 Å². The number of rotatable bonds is 4. The van der Waals surface area contributed by atoms with Crippen molar-refractivity contribution in [1.82, 2.24) is 0 Å². The molecule has 1 rings (SSSR count). The molecule has 2 nitrogen and oxygen atoms in total. The molecule has 1 aliphatic carbocycles. The lowest BCUT2D eigenvalue weighted by Gasteiger charge is -2.43. The molecule has 0 radical (unpaired) electrons. The van der Waals surface area contributed by atoms with E-state index in [1.807, 2.05) is 13.0 Å². The molecule has 1 saturated carbocycles. The minimum Gasteiger partial charge on any atom is -0.478 e. The lowest BCUT2D eigenvalue weighted by molar-refractivity contribution is -0.133. The van der Waals surface area contributed by atoms with Crippen LogP contribution in [0.2, 0.25) is 0 Å². The van der Waals surface area contributed by atoms with Crippen LogP contribution >= 0.6 is 0 Å². The Morgan fingerprint density at radius 3 is 2.47 bits per heavy atom. The molecule has 94 valence electrons. The van der Waals surface area contributed by atoms with E-state index in [-0.39, 0.29) is 11.3 Å². The third kappa shape index (κ3) is 2.68. The summed E-state index contributed by atoms with van der Waals surface area (Å²) in [6.07, 6.45) is 4.64. The third-order valence-corrected chi connectivity index (χ3v) is 4.18. The average molecular weight is 234 g/mol. The molecule has 0 amide bonds. The van der Waals surface area contributed by atoms with Gasteiger partial charge in [0, 0.05) is 5.57 Å². The fourth-order valence-corrected chi connectivity index (χ4v) is 2.83. The summed E-state index contributed by atoms with van der Waals surface area (Å²) in [4.78, 5) is 11.0. The highest BCUT2D eigenvalue weighted by Gasteiger charge is 2.39. The summed E-state index contributed by atoms with van der Waals surface area (Å²) in [7, 11) is 0. The van der Waals surface area contributed by atoms with Crippen molar-refractivity contribution in [3.05, 3.63) is 37.0 Å². The van der Waals surface area contributed by atoms with Gasteiger partial charge in [0.15, 0.2) is 0 Å². The first kappa shape index (κ1) is 13.8. The van der Waals surface area contributed by atoms with E-state index in [2.05, 4.69) is 26.7 Å². The molecule has 0 unspecified atom stereocenters. The zero-order valence-corrected chi connectivity index (χ0v) is 10.8. The van der Waals surface area contributed by atoms with Crippen molar-refractivity contribution in [2.24, 2.45) is 17.3 Å². The van der Waals surface area contributed by atoms with Gasteiger partial charge in [-0.15, -0.1) is 6.58 Å². The Balaban J connectivity index is 2.90. The molecular weight excluding hydrogens is 212 g/mol. The summed E-state index contributed by atoms with van der Waals surface area (Å²) in [5.41, 5.74) is 1.49. The zero-order chi connectivity index (χ0) is 13.2. The van der Waals surface area contributed by atoms with E-state index >= 15 is 0 Å². The van der Waals surface area contributed by atoms with Crippen LogP contribution in [0.1, 0.15) is 33.1 Å². The van der Waals surface area contributed by atoms with Crippen molar-refractivity contribution in [3.8, 4) is 0 Å². The Morgan fingerprint density at radius 2 is 2.06 bits per heavy atom. The summed E-state index contributed by atoms with van der Waals surface area (Å²) in [6, 6.07) is 0. The molecule has 0 heterocycles. The molecule has 1 aliphatic rings. The molecule has 0 aromatic rings. The van der Waals surface area contributed by atoms with Gasteiger partial charge < -0.3 is 5.11 Å². The van der Waals surface area contributed by atoms with Crippen LogP contribution < -0.4 is 0 Å². The van der Waals surface area contributed by atoms with Crippen molar-refractivity contribution < 1.29 is 9.90 Å². The number of carboxylic acid groups (broad SMARTS) is 1. The summed E-state index contributed by atoms with van der Waals surface area (Å²) >= 11 is 0. The van der Waals surface area contributed by atoms with Crippen LogP contribution in [-0.2, 0) is 4.79 Å². The number of allylic oxidation sites excluding steroid dienone is 2. The van der Waals surface area contributed by atoms with Gasteiger partial charge in [0.25, 0.3) is 0 Å². The van der Waals surface area contributed by atoms with Gasteiger partial charge in [-0.25, -0.2) is 4.79 Å². The number of hydrogen-bond donors (Lipinski definition) is 1. The van der Waals surface area contributed by atoms with Crippen molar-refractivity contribution >= 4 is 5.97 Å². The van der Waals surface area contributed by atoms with Gasteiger partial charge >= 0.3 is 5.97 Å². The predicted octanol–water partition coefficient (Wildman–Crippen LogP) is 3.81. The Bertz CT molecular complexity index is 367. The maximum absolute atomic E-state index is 11.0. The minimum absolute atomic E-state index is 0.0428. The Kier molecular flexibility index (Phi) is 3.97. The molecule has 0 aliphatic heterocycles. The second-order valence-corrected chi connectivity index (χ2v) is 5.41. The Labute approximate surface area is 104 Å². The topological polar surface area (TPSA) is 37.3 Å². The summed E-state index contributed by atoms with van der Waals surface area (Å²) < 4.78 is 0. The van der Waals surface area contributed by atoms with E-state index in [1.54, 1.807) is 0 Å². The van der Waals surface area contributed by atoms with Gasteiger partial charge in [-0.1, -0.05) is 31.7 Å². The largest absolute Gasteiger partial charge is 0.478 e. The van der Waals surface area contributed by atoms with Gasteiger partial charge in [0.05, 0.1) is 0 Å². The molecule has 1 N–H and O–H groups in total. The zero-order valence-electron chi connectivity index (χ0n) is 10.8. The fraction of sp³-hybridized carbons (Fsp3) is 0.533. The van der Waals surface area contributed by atoms with Crippen molar-refractivity contribution in [3.63, 3.8) is 0 Å². The van der Waals surface area contributed by atoms with E-state index in [0.29, 0.717) is 11.5 Å². The molecule has 0 aromatic carbocycles. The lowest BCUT2D eigenvalue weighted by Crippen LogP contribution is -2.34. The van der Waals surface area contributed by atoms with Crippen LogP contribution in [0.15, 0.2) is 37.0 Å². The number of aliphatic carboxylic acids is 1. The predicted molar refractivity (Wildman–Crippen MR) is 70.7 cm³/mol. The van der Waals surface area contributed by atoms with Crippen molar-refractivity contribution in [2.75, 3.05) is 0 Å². The molecule has 0 aromatic heterocycles. The maximum atomic E-state index is 11.0. The van der Waals surface area contributed by atoms with E-state index in [0.717, 1.165) is 24.8 Å². The summed E-state index contributed by atoms with van der Waals surface area (Å²) in [5.74, 6) is -0.505. The van der Waals surface area contributed by atoms with Crippen LogP contribution in [0.5, 0.6) is 0 Å². The highest BCUT2D eigenvalue weighted by molar-refractivity contribution is 5.86. The number of carbonyl (C=O) groups is 1. The Morgan fingerprint density at radius 1 is 1.47 bits per heavy atom. The first-order valence-electron chi connectivity index (χ1n) is 6.03. The first-order valence-corrected chi connectivity index (χ1v) is 6.03. The van der Waals surface area contributed by atoms with Crippen LogP contribution in [0.3, 0.4) is 0 Å². The standard InChI is InChI=1S/C15H22O2/c1-6-15(5)8-7-12(11(4)14(16)17)9-13(15)10(2)3/h6,12-13H,1-2,4,7-9H2,3,5H3,(H,16,17)/t12-,13+,15+/m0/s1. The molecule has 0 saturated heterocycles. The molecule has 1 fully saturated rings. The first-order chi connectivity index (χ1) is 7.81. The second kappa shape index (κ2) is 4.91. The van der Waals surface area contributed by atoms with Crippen LogP contribution in [-0.4, -0.2) is 11.1 Å². The SMILES string of the molecule is C=C[C@]1(C)CC[C@H](C(=C)C(=O)O)C[C@@H]1C(=C)C. The van der Waals surface area contributed by atoms with Crippen molar-refractivity contribution in [1.29, 1.82) is 0 Å². The van der Waals surface area contributed by atoms with Gasteiger partial charge in [-0.3, -0.25) is 0 Å². The minimum atomic E-state index is -0.877. The van der Waals surface area contributed by atoms with Crippen molar-refractivity contribution in [2.45, 2.75) is 33.1 Å². The maximum Gasteiger partial charge on any atom is 0.331 e. The molecule has 2 heteroatoms. The van der Waals surface area contributed by atoms with Gasteiger partial charge in [-0.05, 0) is 43.4 Å². The third-order valence-electron chi connectivity index (χ3n) is 4.18. The van der Waals surface area contributed by atoms with Crippen LogP contribution in [0.4, 0.5) is 0 Å². The highest BCUT2D eigenvalue weighted by atomic mass is 16.4. The summed E-state index contributed by atoms with van der Waals surface area (Å²) in [5, 5.41) is 9.00. The van der Waals surface area contributed by atoms with E-state index < -0.39 is 5.97 Å². The second-order valence-electron chi connectivity index (χ2n) is 5.41. The monoisotopic (exact) mass is 234 g/mol. The van der Waals surface area contributed by atoms with Gasteiger partial charge in [0.2, 0.25) is 0 Å². The smallest absolute Gasteiger partial charge is 0.331 e. The Hall–Kier alpha value is -1.31. The number of carboxylic acids is 1. The summed E-state index contributed by atoms with van der Waals surface area (Å²) in [6.45, 7) is 15.8. The van der Waals surface area contributed by atoms with E-state index in [4.69, 9.17) is 5.11 Å². The van der Waals surface area contributed by atoms with Crippen LogP contribution in [0.25, 0.3) is 0 Å². The molecule has 0 bridgehead atoms. The lowest BCUT2D eigenvalue weighted by atomic mass is 9.61. The molecule has 17 heavy (non-hydrogen) atoms. The quantitative estimate of drug-likeness (QED) is 0.593. The van der Waals surface area contributed by atoms with Gasteiger partial charge in [-0.2, -0.15) is 0 Å². The van der Waals surface area contributed by atoms with Gasteiger partial charge in [0.1, 0.15) is 0 Å². The molecular formula is C15H22O2.